The molecule has 0 aliphatic rings. The number of carbonyl (C=O) groups is 2. The minimum absolute atomic E-state index is 0.0264. The number of carboxylic acid groups (broad SMARTS) is 1. The molecule has 1 unspecified atom stereocenters. The van der Waals surface area contributed by atoms with Crippen molar-refractivity contribution in [2.75, 3.05) is 12.4 Å². The third kappa shape index (κ3) is 6.10. The van der Waals surface area contributed by atoms with Gasteiger partial charge in [0.25, 0.3) is 0 Å². The maximum absolute atomic E-state index is 11.7. The van der Waals surface area contributed by atoms with Crippen LogP contribution in [0.1, 0.15) is 25.3 Å². The molecule has 6 nitrogen and oxygen atoms in total. The van der Waals surface area contributed by atoms with Gasteiger partial charge in [0.2, 0.25) is 5.91 Å². The Labute approximate surface area is 117 Å². The third-order valence-corrected chi connectivity index (χ3v) is 2.65. The molecule has 1 heterocycles. The van der Waals surface area contributed by atoms with E-state index in [-0.39, 0.29) is 12.0 Å². The molecule has 0 spiro atoms. The molecular formula is C14H18N2O4. The number of pyridine rings is 1. The summed E-state index contributed by atoms with van der Waals surface area (Å²) in [7, 11) is 1.60. The Bertz CT molecular complexity index is 500. The summed E-state index contributed by atoms with van der Waals surface area (Å²) in [6, 6.07) is 3.26. The topological polar surface area (TPSA) is 88.5 Å². The van der Waals surface area contributed by atoms with E-state index in [2.05, 4.69) is 10.3 Å². The highest BCUT2D eigenvalue weighted by Crippen LogP contribution is 2.10. The molecule has 0 fully saturated rings. The largest absolute Gasteiger partial charge is 0.478 e. The van der Waals surface area contributed by atoms with Crippen LogP contribution in [0.4, 0.5) is 5.82 Å². The van der Waals surface area contributed by atoms with Gasteiger partial charge in [0, 0.05) is 25.8 Å². The van der Waals surface area contributed by atoms with Gasteiger partial charge in [-0.25, -0.2) is 9.78 Å². The number of nitrogens with zero attached hydrogens (tertiary/aromatic N) is 1. The van der Waals surface area contributed by atoms with E-state index >= 15 is 0 Å². The number of hydrogen-bond donors (Lipinski definition) is 2. The first kappa shape index (κ1) is 15.8. The first-order chi connectivity index (χ1) is 9.51. The number of aromatic nitrogens is 1. The van der Waals surface area contributed by atoms with Crippen LogP contribution in [0.25, 0.3) is 6.08 Å². The number of hydrogen-bond acceptors (Lipinski definition) is 4. The fourth-order valence-corrected chi connectivity index (χ4v) is 1.44. The Hall–Kier alpha value is -2.21. The first-order valence-corrected chi connectivity index (χ1v) is 6.21. The zero-order valence-corrected chi connectivity index (χ0v) is 11.5. The Morgan fingerprint density at radius 1 is 1.55 bits per heavy atom. The molecule has 1 atom stereocenters. The molecule has 0 bridgehead atoms. The van der Waals surface area contributed by atoms with Crippen LogP contribution in [0.2, 0.25) is 0 Å². The Kier molecular flexibility index (Phi) is 6.39. The summed E-state index contributed by atoms with van der Waals surface area (Å²) < 4.78 is 5.06. The second-order valence-electron chi connectivity index (χ2n) is 4.28. The highest BCUT2D eigenvalue weighted by atomic mass is 16.5. The van der Waals surface area contributed by atoms with Gasteiger partial charge in [-0.1, -0.05) is 0 Å². The van der Waals surface area contributed by atoms with Crippen molar-refractivity contribution in [2.45, 2.75) is 25.9 Å². The Morgan fingerprint density at radius 2 is 2.30 bits per heavy atom. The number of aliphatic carboxylic acids is 1. The van der Waals surface area contributed by atoms with Crippen LogP contribution in [-0.4, -0.2) is 35.2 Å². The minimum atomic E-state index is -1.03. The van der Waals surface area contributed by atoms with Crippen LogP contribution < -0.4 is 5.32 Å². The van der Waals surface area contributed by atoms with Crippen molar-refractivity contribution < 1.29 is 19.4 Å². The average Bonchev–Trinajstić information content (AvgIpc) is 2.43. The fraction of sp³-hybridized carbons (Fsp3) is 0.357. The monoisotopic (exact) mass is 278 g/mol. The number of methoxy groups -OCH3 is 1. The molecule has 1 aromatic rings. The minimum Gasteiger partial charge on any atom is -0.478 e. The lowest BCUT2D eigenvalue weighted by molar-refractivity contribution is -0.131. The van der Waals surface area contributed by atoms with Gasteiger partial charge in [-0.05, 0) is 37.1 Å². The van der Waals surface area contributed by atoms with E-state index in [4.69, 9.17) is 9.84 Å². The van der Waals surface area contributed by atoms with Crippen LogP contribution in [0.5, 0.6) is 0 Å². The molecule has 1 aromatic heterocycles. The summed E-state index contributed by atoms with van der Waals surface area (Å²) in [5.74, 6) is -0.783. The second kappa shape index (κ2) is 8.06. The maximum Gasteiger partial charge on any atom is 0.328 e. The van der Waals surface area contributed by atoms with Gasteiger partial charge in [-0.3, -0.25) is 4.79 Å². The van der Waals surface area contributed by atoms with Crippen molar-refractivity contribution in [2.24, 2.45) is 0 Å². The summed E-state index contributed by atoms with van der Waals surface area (Å²) in [6.45, 7) is 1.89. The standard InChI is InChI=1S/C14H18N2O4/c1-10(20-2)3-5-13(17)16-12-9-11(7-8-15-12)4-6-14(18)19/h4,6-10H,3,5H2,1-2H3,(H,18,19)(H,15,16,17)/b6-4+. The number of carboxylic acids is 1. The van der Waals surface area contributed by atoms with E-state index in [0.717, 1.165) is 6.08 Å². The van der Waals surface area contributed by atoms with Gasteiger partial charge < -0.3 is 15.2 Å². The summed E-state index contributed by atoms with van der Waals surface area (Å²) >= 11 is 0. The zero-order chi connectivity index (χ0) is 15.0. The summed E-state index contributed by atoms with van der Waals surface area (Å²) in [6.07, 6.45) is 4.97. The second-order valence-corrected chi connectivity index (χ2v) is 4.28. The molecule has 2 N–H and O–H groups in total. The number of carbonyl (C=O) groups excluding carboxylic acids is 1. The molecule has 1 amide bonds. The van der Waals surface area contributed by atoms with Gasteiger partial charge in [-0.15, -0.1) is 0 Å². The van der Waals surface area contributed by atoms with Crippen molar-refractivity contribution in [1.82, 2.24) is 4.98 Å². The smallest absolute Gasteiger partial charge is 0.328 e. The molecule has 108 valence electrons. The zero-order valence-electron chi connectivity index (χ0n) is 11.5. The number of ether oxygens (including phenoxy) is 1. The molecule has 0 radical (unpaired) electrons. The third-order valence-electron chi connectivity index (χ3n) is 2.65. The molecule has 0 saturated carbocycles. The number of rotatable bonds is 7. The van der Waals surface area contributed by atoms with Gasteiger partial charge in [0.15, 0.2) is 0 Å². The molecule has 0 aromatic carbocycles. The number of amides is 1. The van der Waals surface area contributed by atoms with E-state index in [1.54, 1.807) is 19.2 Å². The summed E-state index contributed by atoms with van der Waals surface area (Å²) in [5, 5.41) is 11.2. The normalized spacial score (nSPS) is 12.3. The quantitative estimate of drug-likeness (QED) is 0.744. The molecule has 1 rings (SSSR count). The lowest BCUT2D eigenvalue weighted by atomic mass is 10.2. The first-order valence-electron chi connectivity index (χ1n) is 6.21. The number of anilines is 1. The van der Waals surface area contributed by atoms with E-state index < -0.39 is 5.97 Å². The predicted octanol–water partition coefficient (Wildman–Crippen LogP) is 1.93. The van der Waals surface area contributed by atoms with Crippen LogP contribution in [-0.2, 0) is 14.3 Å². The van der Waals surface area contributed by atoms with Gasteiger partial charge in [-0.2, -0.15) is 0 Å². The molecule has 0 aliphatic carbocycles. The molecule has 0 aliphatic heterocycles. The van der Waals surface area contributed by atoms with Crippen LogP contribution in [0.3, 0.4) is 0 Å². The lowest BCUT2D eigenvalue weighted by Gasteiger charge is -2.09. The van der Waals surface area contributed by atoms with E-state index in [9.17, 15) is 9.59 Å². The Balaban J connectivity index is 2.57. The summed E-state index contributed by atoms with van der Waals surface area (Å²) in [5.41, 5.74) is 0.656. The van der Waals surface area contributed by atoms with Crippen molar-refractivity contribution >= 4 is 23.8 Å². The molecule has 20 heavy (non-hydrogen) atoms. The fourth-order valence-electron chi connectivity index (χ4n) is 1.44. The van der Waals surface area contributed by atoms with Crippen molar-refractivity contribution in [1.29, 1.82) is 0 Å². The van der Waals surface area contributed by atoms with Crippen LogP contribution in [0.15, 0.2) is 24.4 Å². The Morgan fingerprint density at radius 3 is 2.95 bits per heavy atom. The van der Waals surface area contributed by atoms with Crippen molar-refractivity contribution in [3.63, 3.8) is 0 Å². The molecule has 0 saturated heterocycles. The predicted molar refractivity (Wildman–Crippen MR) is 75.2 cm³/mol. The lowest BCUT2D eigenvalue weighted by Crippen LogP contribution is -2.15. The van der Waals surface area contributed by atoms with Gasteiger partial charge in [0.1, 0.15) is 5.82 Å². The van der Waals surface area contributed by atoms with Crippen molar-refractivity contribution in [3.8, 4) is 0 Å². The van der Waals surface area contributed by atoms with E-state index in [1.807, 2.05) is 6.92 Å². The van der Waals surface area contributed by atoms with E-state index in [0.29, 0.717) is 24.2 Å². The summed E-state index contributed by atoms with van der Waals surface area (Å²) in [4.78, 5) is 26.1. The van der Waals surface area contributed by atoms with Crippen LogP contribution in [0, 0.1) is 0 Å². The van der Waals surface area contributed by atoms with E-state index in [1.165, 1.54) is 12.3 Å². The number of nitrogens with one attached hydrogen (secondary N) is 1. The van der Waals surface area contributed by atoms with Gasteiger partial charge >= 0.3 is 5.97 Å². The van der Waals surface area contributed by atoms with Gasteiger partial charge in [0.05, 0.1) is 6.10 Å². The maximum atomic E-state index is 11.7. The SMILES string of the molecule is COC(C)CCC(=O)Nc1cc(/C=C/C(=O)O)ccn1. The molecular weight excluding hydrogens is 260 g/mol. The average molecular weight is 278 g/mol. The van der Waals surface area contributed by atoms with Crippen LogP contribution >= 0.6 is 0 Å². The van der Waals surface area contributed by atoms with Crippen molar-refractivity contribution in [3.05, 3.63) is 30.0 Å². The molecule has 6 heteroatoms. The highest BCUT2D eigenvalue weighted by Gasteiger charge is 2.07. The highest BCUT2D eigenvalue weighted by molar-refractivity contribution is 5.90.